The van der Waals surface area contributed by atoms with Gasteiger partial charge in [-0.1, -0.05) is 6.92 Å². The first-order valence-corrected chi connectivity index (χ1v) is 9.65. The molecular formula is C20H25FN4O. The molecule has 0 saturated heterocycles. The van der Waals surface area contributed by atoms with E-state index in [0.717, 1.165) is 56.1 Å². The summed E-state index contributed by atoms with van der Waals surface area (Å²) < 4.78 is 15.3. The standard InChI is InChI=1S/C20H25FN4O/c1-2-11-24(13-14-5-6-14)20(26)17-4-3-12-25-18(22-23-19(17)25)15-7-9-16(21)10-8-15/h7-10,14,17H,2-6,11-13H2,1H3. The van der Waals surface area contributed by atoms with Gasteiger partial charge in [-0.25, -0.2) is 4.39 Å². The van der Waals surface area contributed by atoms with Crippen molar-refractivity contribution in [3.8, 4) is 11.4 Å². The minimum atomic E-state index is -0.268. The van der Waals surface area contributed by atoms with Crippen molar-refractivity contribution in [1.29, 1.82) is 0 Å². The summed E-state index contributed by atoms with van der Waals surface area (Å²) in [5.41, 5.74) is 0.835. The molecule has 1 amide bonds. The maximum absolute atomic E-state index is 13.2. The normalized spacial score (nSPS) is 19.2. The van der Waals surface area contributed by atoms with E-state index in [1.165, 1.54) is 25.0 Å². The van der Waals surface area contributed by atoms with Crippen molar-refractivity contribution in [2.45, 2.75) is 51.5 Å². The van der Waals surface area contributed by atoms with Crippen LogP contribution in [0.25, 0.3) is 11.4 Å². The number of halogens is 1. The third-order valence-corrected chi connectivity index (χ3v) is 5.35. The Hall–Kier alpha value is -2.24. The van der Waals surface area contributed by atoms with E-state index in [4.69, 9.17) is 0 Å². The highest BCUT2D eigenvalue weighted by Gasteiger charge is 2.35. The third-order valence-electron chi connectivity index (χ3n) is 5.35. The molecule has 0 bridgehead atoms. The molecular weight excluding hydrogens is 331 g/mol. The van der Waals surface area contributed by atoms with Crippen LogP contribution in [0.4, 0.5) is 4.39 Å². The second-order valence-electron chi connectivity index (χ2n) is 7.46. The second-order valence-corrected chi connectivity index (χ2v) is 7.46. The summed E-state index contributed by atoms with van der Waals surface area (Å²) >= 11 is 0. The molecule has 0 spiro atoms. The van der Waals surface area contributed by atoms with E-state index in [1.807, 2.05) is 9.47 Å². The highest BCUT2D eigenvalue weighted by Crippen LogP contribution is 2.34. The summed E-state index contributed by atoms with van der Waals surface area (Å²) in [5, 5.41) is 8.70. The molecule has 2 heterocycles. The minimum absolute atomic E-state index is 0.192. The van der Waals surface area contributed by atoms with Gasteiger partial charge in [0, 0.05) is 25.2 Å². The molecule has 1 saturated carbocycles. The van der Waals surface area contributed by atoms with Crippen LogP contribution in [0.2, 0.25) is 0 Å². The van der Waals surface area contributed by atoms with E-state index in [0.29, 0.717) is 5.92 Å². The number of carbonyl (C=O) groups excluding carboxylic acids is 1. The summed E-state index contributed by atoms with van der Waals surface area (Å²) in [6.45, 7) is 4.60. The van der Waals surface area contributed by atoms with Crippen LogP contribution >= 0.6 is 0 Å². The monoisotopic (exact) mass is 356 g/mol. The number of carbonyl (C=O) groups is 1. The molecule has 138 valence electrons. The Morgan fingerprint density at radius 1 is 1.23 bits per heavy atom. The Balaban J connectivity index is 1.60. The number of hydrogen-bond acceptors (Lipinski definition) is 3. The molecule has 26 heavy (non-hydrogen) atoms. The van der Waals surface area contributed by atoms with E-state index in [1.54, 1.807) is 12.1 Å². The number of benzene rings is 1. The lowest BCUT2D eigenvalue weighted by atomic mass is 9.96. The van der Waals surface area contributed by atoms with Crippen molar-refractivity contribution in [3.63, 3.8) is 0 Å². The van der Waals surface area contributed by atoms with Crippen molar-refractivity contribution in [2.24, 2.45) is 5.92 Å². The minimum Gasteiger partial charge on any atom is -0.342 e. The smallest absolute Gasteiger partial charge is 0.233 e. The molecule has 1 fully saturated rings. The number of fused-ring (bicyclic) bond motifs is 1. The van der Waals surface area contributed by atoms with Crippen molar-refractivity contribution in [3.05, 3.63) is 35.9 Å². The van der Waals surface area contributed by atoms with Crippen molar-refractivity contribution in [1.82, 2.24) is 19.7 Å². The molecule has 1 aromatic carbocycles. The van der Waals surface area contributed by atoms with Gasteiger partial charge < -0.3 is 9.47 Å². The van der Waals surface area contributed by atoms with Crippen LogP contribution in [0.5, 0.6) is 0 Å². The highest BCUT2D eigenvalue weighted by molar-refractivity contribution is 5.83. The lowest BCUT2D eigenvalue weighted by Crippen LogP contribution is -2.39. The van der Waals surface area contributed by atoms with Gasteiger partial charge in [0.2, 0.25) is 5.91 Å². The van der Waals surface area contributed by atoms with Gasteiger partial charge in [-0.2, -0.15) is 0 Å². The summed E-state index contributed by atoms with van der Waals surface area (Å²) in [6, 6.07) is 6.30. The van der Waals surface area contributed by atoms with Crippen LogP contribution in [0.15, 0.2) is 24.3 Å². The van der Waals surface area contributed by atoms with Crippen molar-refractivity contribution < 1.29 is 9.18 Å². The fourth-order valence-corrected chi connectivity index (χ4v) is 3.82. The SMILES string of the molecule is CCCN(CC1CC1)C(=O)C1CCCn2c(-c3ccc(F)cc3)nnc21. The Morgan fingerprint density at radius 3 is 2.69 bits per heavy atom. The lowest BCUT2D eigenvalue weighted by Gasteiger charge is -2.29. The molecule has 1 atom stereocenters. The predicted molar refractivity (Wildman–Crippen MR) is 97.0 cm³/mol. The molecule has 1 aromatic heterocycles. The molecule has 2 aromatic rings. The maximum atomic E-state index is 13.2. The average Bonchev–Trinajstić information content (AvgIpc) is 3.37. The van der Waals surface area contributed by atoms with Crippen LogP contribution in [-0.4, -0.2) is 38.7 Å². The van der Waals surface area contributed by atoms with Gasteiger partial charge >= 0.3 is 0 Å². The number of hydrogen-bond donors (Lipinski definition) is 0. The van der Waals surface area contributed by atoms with E-state index in [9.17, 15) is 9.18 Å². The van der Waals surface area contributed by atoms with E-state index in [2.05, 4.69) is 17.1 Å². The second kappa shape index (κ2) is 7.17. The van der Waals surface area contributed by atoms with Crippen molar-refractivity contribution in [2.75, 3.05) is 13.1 Å². The first kappa shape index (κ1) is 17.2. The van der Waals surface area contributed by atoms with Gasteiger partial charge in [0.25, 0.3) is 0 Å². The van der Waals surface area contributed by atoms with Gasteiger partial charge in [0.15, 0.2) is 5.82 Å². The molecule has 5 nitrogen and oxygen atoms in total. The Labute approximate surface area is 153 Å². The largest absolute Gasteiger partial charge is 0.342 e. The van der Waals surface area contributed by atoms with Crippen molar-refractivity contribution >= 4 is 5.91 Å². The predicted octanol–water partition coefficient (Wildman–Crippen LogP) is 3.61. The molecule has 2 aliphatic rings. The van der Waals surface area contributed by atoms with Crippen LogP contribution in [0.3, 0.4) is 0 Å². The zero-order valence-electron chi connectivity index (χ0n) is 15.2. The molecule has 1 aliphatic heterocycles. The molecule has 6 heteroatoms. The third kappa shape index (κ3) is 3.37. The fourth-order valence-electron chi connectivity index (χ4n) is 3.82. The fraction of sp³-hybridized carbons (Fsp3) is 0.550. The van der Waals surface area contributed by atoms with Crippen LogP contribution in [0.1, 0.15) is 50.8 Å². The van der Waals surface area contributed by atoms with Gasteiger partial charge in [-0.05, 0) is 62.3 Å². The topological polar surface area (TPSA) is 51.0 Å². The van der Waals surface area contributed by atoms with Gasteiger partial charge in [0.05, 0.1) is 5.92 Å². The van der Waals surface area contributed by atoms with E-state index < -0.39 is 0 Å². The molecule has 1 aliphatic carbocycles. The van der Waals surface area contributed by atoms with Crippen LogP contribution in [-0.2, 0) is 11.3 Å². The first-order valence-electron chi connectivity index (χ1n) is 9.65. The summed E-state index contributed by atoms with van der Waals surface area (Å²) in [6.07, 6.45) is 5.20. The van der Waals surface area contributed by atoms with E-state index in [-0.39, 0.29) is 17.6 Å². The molecule has 0 N–H and O–H groups in total. The van der Waals surface area contributed by atoms with Gasteiger partial charge in [-0.15, -0.1) is 10.2 Å². The Bertz CT molecular complexity index is 782. The number of amides is 1. The lowest BCUT2D eigenvalue weighted by molar-refractivity contribution is -0.133. The van der Waals surface area contributed by atoms with Gasteiger partial charge in [0.1, 0.15) is 11.6 Å². The average molecular weight is 356 g/mol. The molecule has 4 rings (SSSR count). The zero-order valence-corrected chi connectivity index (χ0v) is 15.2. The first-order chi connectivity index (χ1) is 12.7. The molecule has 0 radical (unpaired) electrons. The van der Waals surface area contributed by atoms with Crippen LogP contribution in [0, 0.1) is 11.7 Å². The number of rotatable bonds is 6. The summed E-state index contributed by atoms with van der Waals surface area (Å²) in [4.78, 5) is 15.2. The zero-order chi connectivity index (χ0) is 18.1. The maximum Gasteiger partial charge on any atom is 0.233 e. The number of nitrogens with zero attached hydrogens (tertiary/aromatic N) is 4. The Morgan fingerprint density at radius 2 is 2.00 bits per heavy atom. The number of aromatic nitrogens is 3. The van der Waals surface area contributed by atoms with E-state index >= 15 is 0 Å². The summed E-state index contributed by atoms with van der Waals surface area (Å²) in [7, 11) is 0. The molecule has 1 unspecified atom stereocenters. The van der Waals surface area contributed by atoms with Crippen LogP contribution < -0.4 is 0 Å². The quantitative estimate of drug-likeness (QED) is 0.794. The highest BCUT2D eigenvalue weighted by atomic mass is 19.1. The Kier molecular flexibility index (Phi) is 4.74. The summed E-state index contributed by atoms with van der Waals surface area (Å²) in [5.74, 6) is 1.88. The van der Waals surface area contributed by atoms with Gasteiger partial charge in [-0.3, -0.25) is 4.79 Å².